The number of aryl methyl sites for hydroxylation is 1. The lowest BCUT2D eigenvalue weighted by molar-refractivity contribution is -0.139. The topological polar surface area (TPSA) is 90.2 Å². The molecule has 6 heteroatoms. The van der Waals surface area contributed by atoms with Crippen molar-refractivity contribution in [2.75, 3.05) is 5.32 Å². The SMILES string of the molecule is CC(C)(CC(=O)O)CC(=O)Nc1sc2c(c1C#N)CCCCCC2. The number of carbonyl (C=O) groups excluding carboxylic acids is 1. The fourth-order valence-electron chi connectivity index (χ4n) is 3.20. The van der Waals surface area contributed by atoms with E-state index >= 15 is 0 Å². The first-order valence-electron chi connectivity index (χ1n) is 8.39. The first kappa shape index (κ1) is 18.5. The Kier molecular flexibility index (Phi) is 6.00. The van der Waals surface area contributed by atoms with Gasteiger partial charge in [-0.25, -0.2) is 0 Å². The molecular formula is C18H24N2O3S. The minimum absolute atomic E-state index is 0.0630. The molecule has 1 amide bonds. The molecule has 2 rings (SSSR count). The second kappa shape index (κ2) is 7.80. The quantitative estimate of drug-likeness (QED) is 0.838. The maximum Gasteiger partial charge on any atom is 0.303 e. The number of carbonyl (C=O) groups is 2. The molecule has 0 spiro atoms. The first-order chi connectivity index (χ1) is 11.3. The van der Waals surface area contributed by atoms with E-state index < -0.39 is 11.4 Å². The second-order valence-corrected chi connectivity index (χ2v) is 8.30. The zero-order valence-corrected chi connectivity index (χ0v) is 15.1. The molecule has 1 heterocycles. The number of thiophene rings is 1. The number of carboxylic acids is 1. The average molecular weight is 348 g/mol. The van der Waals surface area contributed by atoms with Gasteiger partial charge in [-0.15, -0.1) is 11.3 Å². The third-order valence-electron chi connectivity index (χ3n) is 4.30. The van der Waals surface area contributed by atoms with Crippen LogP contribution < -0.4 is 5.32 Å². The number of rotatable bonds is 5. The van der Waals surface area contributed by atoms with Gasteiger partial charge in [-0.3, -0.25) is 9.59 Å². The summed E-state index contributed by atoms with van der Waals surface area (Å²) in [6.45, 7) is 3.53. The molecule has 0 radical (unpaired) electrons. The van der Waals surface area contributed by atoms with E-state index in [9.17, 15) is 14.9 Å². The number of anilines is 1. The number of carboxylic acid groups (broad SMARTS) is 1. The summed E-state index contributed by atoms with van der Waals surface area (Å²) in [7, 11) is 0. The molecular weight excluding hydrogens is 324 g/mol. The van der Waals surface area contributed by atoms with E-state index in [2.05, 4.69) is 11.4 Å². The van der Waals surface area contributed by atoms with E-state index in [1.54, 1.807) is 13.8 Å². The Morgan fingerprint density at radius 2 is 1.88 bits per heavy atom. The van der Waals surface area contributed by atoms with Crippen LogP contribution in [0.4, 0.5) is 5.00 Å². The van der Waals surface area contributed by atoms with Gasteiger partial charge in [-0.05, 0) is 36.7 Å². The van der Waals surface area contributed by atoms with Crippen LogP contribution in [0.15, 0.2) is 0 Å². The lowest BCUT2D eigenvalue weighted by atomic mass is 9.85. The van der Waals surface area contributed by atoms with E-state index in [-0.39, 0.29) is 18.7 Å². The molecule has 0 atom stereocenters. The van der Waals surface area contributed by atoms with E-state index in [4.69, 9.17) is 5.11 Å². The number of fused-ring (bicyclic) bond motifs is 1. The zero-order valence-electron chi connectivity index (χ0n) is 14.3. The van der Waals surface area contributed by atoms with Crippen molar-refractivity contribution < 1.29 is 14.7 Å². The van der Waals surface area contributed by atoms with Gasteiger partial charge in [0.05, 0.1) is 12.0 Å². The minimum atomic E-state index is -0.912. The first-order valence-corrected chi connectivity index (χ1v) is 9.20. The lowest BCUT2D eigenvalue weighted by Gasteiger charge is -2.21. The van der Waals surface area contributed by atoms with Gasteiger partial charge in [0, 0.05) is 11.3 Å². The van der Waals surface area contributed by atoms with Crippen LogP contribution in [-0.4, -0.2) is 17.0 Å². The smallest absolute Gasteiger partial charge is 0.303 e. The second-order valence-electron chi connectivity index (χ2n) is 7.19. The highest BCUT2D eigenvalue weighted by Crippen LogP contribution is 2.37. The number of hydrogen-bond acceptors (Lipinski definition) is 4. The number of nitrogens with one attached hydrogen (secondary N) is 1. The molecule has 1 aliphatic rings. The van der Waals surface area contributed by atoms with Crippen LogP contribution in [0.25, 0.3) is 0 Å². The molecule has 1 aliphatic carbocycles. The Morgan fingerprint density at radius 3 is 2.50 bits per heavy atom. The molecule has 0 saturated carbocycles. The maximum absolute atomic E-state index is 12.3. The Morgan fingerprint density at radius 1 is 1.21 bits per heavy atom. The summed E-state index contributed by atoms with van der Waals surface area (Å²) in [5.41, 5.74) is 1.08. The van der Waals surface area contributed by atoms with Crippen molar-refractivity contribution in [3.05, 3.63) is 16.0 Å². The van der Waals surface area contributed by atoms with Gasteiger partial charge in [0.2, 0.25) is 5.91 Å². The summed E-state index contributed by atoms with van der Waals surface area (Å²) in [5, 5.41) is 21.9. The van der Waals surface area contributed by atoms with Crippen LogP contribution in [0.2, 0.25) is 0 Å². The fraction of sp³-hybridized carbons (Fsp3) is 0.611. The van der Waals surface area contributed by atoms with E-state index in [0.717, 1.165) is 31.2 Å². The van der Waals surface area contributed by atoms with Crippen LogP contribution in [-0.2, 0) is 22.4 Å². The van der Waals surface area contributed by atoms with Crippen LogP contribution in [0.3, 0.4) is 0 Å². The van der Waals surface area contributed by atoms with Gasteiger partial charge in [0.25, 0.3) is 0 Å². The summed E-state index contributed by atoms with van der Waals surface area (Å²) in [6, 6.07) is 2.25. The molecule has 0 aliphatic heterocycles. The predicted molar refractivity (Wildman–Crippen MR) is 94.2 cm³/mol. The Hall–Kier alpha value is -1.87. The molecule has 0 bridgehead atoms. The van der Waals surface area contributed by atoms with Gasteiger partial charge >= 0.3 is 5.97 Å². The van der Waals surface area contributed by atoms with E-state index in [1.165, 1.54) is 29.1 Å². The van der Waals surface area contributed by atoms with Crippen LogP contribution in [0.1, 0.15) is 68.4 Å². The summed E-state index contributed by atoms with van der Waals surface area (Å²) < 4.78 is 0. The van der Waals surface area contributed by atoms with Crippen molar-refractivity contribution in [3.63, 3.8) is 0 Å². The van der Waals surface area contributed by atoms with Crippen molar-refractivity contribution in [2.24, 2.45) is 5.41 Å². The Labute approximate surface area is 146 Å². The normalized spacial score (nSPS) is 14.9. The molecule has 130 valence electrons. The van der Waals surface area contributed by atoms with Crippen molar-refractivity contribution in [1.29, 1.82) is 5.26 Å². The summed E-state index contributed by atoms with van der Waals surface area (Å²) >= 11 is 1.51. The van der Waals surface area contributed by atoms with Crippen molar-refractivity contribution in [1.82, 2.24) is 0 Å². The molecule has 0 aromatic carbocycles. The van der Waals surface area contributed by atoms with Crippen LogP contribution in [0.5, 0.6) is 0 Å². The molecule has 24 heavy (non-hydrogen) atoms. The maximum atomic E-state index is 12.3. The molecule has 0 unspecified atom stereocenters. The number of aliphatic carboxylic acids is 1. The molecule has 5 nitrogen and oxygen atoms in total. The minimum Gasteiger partial charge on any atom is -0.481 e. The fourth-order valence-corrected chi connectivity index (χ4v) is 4.46. The van der Waals surface area contributed by atoms with E-state index in [0.29, 0.717) is 10.6 Å². The number of amides is 1. The third kappa shape index (κ3) is 4.81. The predicted octanol–water partition coefficient (Wildman–Crippen LogP) is 4.11. The molecule has 0 fully saturated rings. The number of hydrogen-bond donors (Lipinski definition) is 2. The van der Waals surface area contributed by atoms with Crippen molar-refractivity contribution >= 4 is 28.2 Å². The molecule has 0 saturated heterocycles. The summed E-state index contributed by atoms with van der Waals surface area (Å²) in [6.07, 6.45) is 6.52. The highest BCUT2D eigenvalue weighted by atomic mass is 32.1. The van der Waals surface area contributed by atoms with Crippen molar-refractivity contribution in [2.45, 2.75) is 65.2 Å². The summed E-state index contributed by atoms with van der Waals surface area (Å²) in [5.74, 6) is -1.14. The molecule has 1 aromatic rings. The standard InChI is InChI=1S/C18H24N2O3S/c1-18(2,10-16(22)23)9-15(21)20-17-13(11-19)12-7-5-3-4-6-8-14(12)24-17/h3-10H2,1-2H3,(H,20,21)(H,22,23). The van der Waals surface area contributed by atoms with Gasteiger partial charge < -0.3 is 10.4 Å². The Bertz CT molecular complexity index is 671. The van der Waals surface area contributed by atoms with Gasteiger partial charge in [0.15, 0.2) is 0 Å². The zero-order chi connectivity index (χ0) is 17.7. The third-order valence-corrected chi connectivity index (χ3v) is 5.51. The van der Waals surface area contributed by atoms with E-state index in [1.807, 2.05) is 0 Å². The average Bonchev–Trinajstić information content (AvgIpc) is 2.72. The summed E-state index contributed by atoms with van der Waals surface area (Å²) in [4.78, 5) is 24.4. The largest absolute Gasteiger partial charge is 0.481 e. The van der Waals surface area contributed by atoms with Crippen LogP contribution >= 0.6 is 11.3 Å². The molecule has 1 aromatic heterocycles. The van der Waals surface area contributed by atoms with Gasteiger partial charge in [-0.1, -0.05) is 26.7 Å². The highest BCUT2D eigenvalue weighted by molar-refractivity contribution is 7.16. The highest BCUT2D eigenvalue weighted by Gasteiger charge is 2.27. The monoisotopic (exact) mass is 348 g/mol. The number of nitriles is 1. The van der Waals surface area contributed by atoms with Gasteiger partial charge in [0.1, 0.15) is 11.1 Å². The van der Waals surface area contributed by atoms with Crippen LogP contribution in [0, 0.1) is 16.7 Å². The van der Waals surface area contributed by atoms with Crippen molar-refractivity contribution in [3.8, 4) is 6.07 Å². The molecule has 2 N–H and O–H groups in total. The Balaban J connectivity index is 2.14. The lowest BCUT2D eigenvalue weighted by Crippen LogP contribution is -2.24. The van der Waals surface area contributed by atoms with Gasteiger partial charge in [-0.2, -0.15) is 5.26 Å². The number of nitrogens with zero attached hydrogens (tertiary/aromatic N) is 1.